The molecule has 0 saturated carbocycles. The van der Waals surface area contributed by atoms with Crippen molar-refractivity contribution in [3.63, 3.8) is 0 Å². The van der Waals surface area contributed by atoms with Gasteiger partial charge in [0.25, 0.3) is 5.91 Å². The van der Waals surface area contributed by atoms with Crippen LogP contribution in [0.1, 0.15) is 21.9 Å². The molecule has 0 saturated heterocycles. The Balaban J connectivity index is 2.64. The van der Waals surface area contributed by atoms with Crippen LogP contribution in [0, 0.1) is 13.8 Å². The number of aromatic nitrogens is 3. The minimum Gasteiger partial charge on any atom is -0.364 e. The van der Waals surface area contributed by atoms with Crippen LogP contribution in [-0.4, -0.2) is 20.7 Å². The predicted octanol–water partition coefficient (Wildman–Crippen LogP) is 0.916. The maximum absolute atomic E-state index is 11.1. The van der Waals surface area contributed by atoms with Gasteiger partial charge in [0.2, 0.25) is 0 Å². The Morgan fingerprint density at radius 1 is 1.40 bits per heavy atom. The molecule has 0 aliphatic carbocycles. The second kappa shape index (κ2) is 3.27. The van der Waals surface area contributed by atoms with Crippen LogP contribution in [-0.2, 0) is 0 Å². The molecule has 2 aromatic rings. The predicted molar refractivity (Wildman–Crippen MR) is 55.9 cm³/mol. The van der Waals surface area contributed by atoms with Crippen molar-refractivity contribution in [1.29, 1.82) is 0 Å². The number of rotatable bonds is 2. The molecule has 2 aromatic heterocycles. The van der Waals surface area contributed by atoms with E-state index in [9.17, 15) is 4.79 Å². The summed E-state index contributed by atoms with van der Waals surface area (Å²) in [6.45, 7) is 3.93. The van der Waals surface area contributed by atoms with E-state index in [1.165, 1.54) is 0 Å². The Labute approximate surface area is 86.9 Å². The van der Waals surface area contributed by atoms with Crippen LogP contribution in [0.25, 0.3) is 5.69 Å². The molecule has 0 aliphatic heterocycles. The molecule has 0 fully saturated rings. The summed E-state index contributed by atoms with van der Waals surface area (Å²) in [5.41, 5.74) is 8.35. The van der Waals surface area contributed by atoms with E-state index < -0.39 is 5.91 Å². The van der Waals surface area contributed by atoms with Crippen molar-refractivity contribution in [1.82, 2.24) is 14.8 Å². The lowest BCUT2D eigenvalue weighted by Crippen LogP contribution is -2.15. The van der Waals surface area contributed by atoms with Crippen molar-refractivity contribution < 1.29 is 4.79 Å². The van der Waals surface area contributed by atoms with Gasteiger partial charge in [-0.3, -0.25) is 9.89 Å². The summed E-state index contributed by atoms with van der Waals surface area (Å²) >= 11 is 0. The van der Waals surface area contributed by atoms with Crippen LogP contribution in [0.2, 0.25) is 0 Å². The first-order valence-electron chi connectivity index (χ1n) is 4.59. The summed E-state index contributed by atoms with van der Waals surface area (Å²) in [5, 5.41) is 6.44. The van der Waals surface area contributed by atoms with Gasteiger partial charge in [-0.1, -0.05) is 0 Å². The monoisotopic (exact) mass is 204 g/mol. The van der Waals surface area contributed by atoms with Gasteiger partial charge in [-0.2, -0.15) is 5.10 Å². The van der Waals surface area contributed by atoms with E-state index in [0.717, 1.165) is 11.4 Å². The number of hydrogen-bond donors (Lipinski definition) is 2. The number of carbonyl (C=O) groups excluding carboxylic acids is 1. The van der Waals surface area contributed by atoms with Crippen LogP contribution in [0.3, 0.4) is 0 Å². The smallest absolute Gasteiger partial charge is 0.268 e. The number of nitrogens with one attached hydrogen (secondary N) is 1. The van der Waals surface area contributed by atoms with E-state index in [-0.39, 0.29) is 0 Å². The van der Waals surface area contributed by atoms with Crippen molar-refractivity contribution in [2.45, 2.75) is 13.8 Å². The van der Waals surface area contributed by atoms with Crippen LogP contribution < -0.4 is 5.73 Å². The van der Waals surface area contributed by atoms with E-state index in [1.807, 2.05) is 30.5 Å². The zero-order chi connectivity index (χ0) is 11.0. The van der Waals surface area contributed by atoms with Crippen LogP contribution in [0.5, 0.6) is 0 Å². The molecule has 0 radical (unpaired) electrons. The number of aryl methyl sites for hydroxylation is 2. The molecule has 15 heavy (non-hydrogen) atoms. The molecule has 1 amide bonds. The van der Waals surface area contributed by atoms with Gasteiger partial charge < -0.3 is 10.3 Å². The standard InChI is InChI=1S/C10H12N4O/c1-6-3-4-7(2)14(6)8-5-12-13-9(8)10(11)15/h3-5H,1-2H3,(H2,11,15)(H,12,13). The Bertz CT molecular complexity index is 490. The first-order valence-corrected chi connectivity index (χ1v) is 4.59. The molecule has 0 atom stereocenters. The number of aromatic amines is 1. The van der Waals surface area contributed by atoms with Crippen LogP contribution in [0.15, 0.2) is 18.3 Å². The topological polar surface area (TPSA) is 76.7 Å². The van der Waals surface area contributed by atoms with Gasteiger partial charge in [0.15, 0.2) is 0 Å². The molecular weight excluding hydrogens is 192 g/mol. The highest BCUT2D eigenvalue weighted by atomic mass is 16.1. The molecule has 5 heteroatoms. The second-order valence-corrected chi connectivity index (χ2v) is 3.45. The number of carbonyl (C=O) groups is 1. The maximum Gasteiger partial charge on any atom is 0.268 e. The third-order valence-corrected chi connectivity index (χ3v) is 2.38. The number of primary amides is 1. The van der Waals surface area contributed by atoms with Crippen molar-refractivity contribution in [2.24, 2.45) is 5.73 Å². The van der Waals surface area contributed by atoms with Crippen LogP contribution >= 0.6 is 0 Å². The van der Waals surface area contributed by atoms with Gasteiger partial charge in [-0.25, -0.2) is 0 Å². The summed E-state index contributed by atoms with van der Waals surface area (Å²) in [6.07, 6.45) is 1.60. The zero-order valence-electron chi connectivity index (χ0n) is 8.61. The van der Waals surface area contributed by atoms with E-state index in [2.05, 4.69) is 10.2 Å². The molecule has 0 unspecified atom stereocenters. The van der Waals surface area contributed by atoms with Crippen molar-refractivity contribution in [3.8, 4) is 5.69 Å². The third-order valence-electron chi connectivity index (χ3n) is 2.38. The minimum absolute atomic E-state index is 0.331. The lowest BCUT2D eigenvalue weighted by atomic mass is 10.3. The van der Waals surface area contributed by atoms with E-state index in [4.69, 9.17) is 5.73 Å². The van der Waals surface area contributed by atoms with Gasteiger partial charge in [-0.15, -0.1) is 0 Å². The number of hydrogen-bond acceptors (Lipinski definition) is 2. The summed E-state index contributed by atoms with van der Waals surface area (Å²) in [6, 6.07) is 3.96. The third kappa shape index (κ3) is 1.41. The SMILES string of the molecule is Cc1ccc(C)n1-c1cn[nH]c1C(N)=O. The molecule has 2 rings (SSSR count). The van der Waals surface area contributed by atoms with Gasteiger partial charge in [0, 0.05) is 11.4 Å². The lowest BCUT2D eigenvalue weighted by Gasteiger charge is -2.07. The Morgan fingerprint density at radius 2 is 2.00 bits per heavy atom. The van der Waals surface area contributed by atoms with E-state index in [1.54, 1.807) is 6.20 Å². The fraction of sp³-hybridized carbons (Fsp3) is 0.200. The summed E-state index contributed by atoms with van der Waals surface area (Å²) in [4.78, 5) is 11.1. The molecule has 0 aliphatic rings. The molecule has 5 nitrogen and oxygen atoms in total. The number of amides is 1. The Hall–Kier alpha value is -2.04. The minimum atomic E-state index is -0.505. The van der Waals surface area contributed by atoms with Crippen molar-refractivity contribution >= 4 is 5.91 Å². The van der Waals surface area contributed by atoms with Crippen molar-refractivity contribution in [2.75, 3.05) is 0 Å². The fourth-order valence-corrected chi connectivity index (χ4v) is 1.68. The summed E-state index contributed by atoms with van der Waals surface area (Å²) < 4.78 is 1.93. The van der Waals surface area contributed by atoms with Gasteiger partial charge in [-0.05, 0) is 26.0 Å². The molecule has 0 spiro atoms. The van der Waals surface area contributed by atoms with Gasteiger partial charge in [0.1, 0.15) is 5.69 Å². The number of H-pyrrole nitrogens is 1. The van der Waals surface area contributed by atoms with Crippen LogP contribution in [0.4, 0.5) is 0 Å². The Kier molecular flexibility index (Phi) is 2.07. The molecular formula is C10H12N4O. The summed E-state index contributed by atoms with van der Waals surface area (Å²) in [7, 11) is 0. The average molecular weight is 204 g/mol. The zero-order valence-corrected chi connectivity index (χ0v) is 8.61. The lowest BCUT2D eigenvalue weighted by molar-refractivity contribution is 0.0995. The van der Waals surface area contributed by atoms with Gasteiger partial charge >= 0.3 is 0 Å². The molecule has 2 heterocycles. The first kappa shape index (κ1) is 9.51. The Morgan fingerprint density at radius 3 is 2.53 bits per heavy atom. The second-order valence-electron chi connectivity index (χ2n) is 3.45. The highest BCUT2D eigenvalue weighted by Gasteiger charge is 2.14. The first-order chi connectivity index (χ1) is 7.11. The molecule has 0 aromatic carbocycles. The molecule has 3 N–H and O–H groups in total. The average Bonchev–Trinajstić information content (AvgIpc) is 2.73. The molecule has 0 bridgehead atoms. The molecule has 78 valence electrons. The van der Waals surface area contributed by atoms with E-state index >= 15 is 0 Å². The quantitative estimate of drug-likeness (QED) is 0.763. The number of nitrogens with two attached hydrogens (primary N) is 1. The fourth-order valence-electron chi connectivity index (χ4n) is 1.68. The highest BCUT2D eigenvalue weighted by molar-refractivity contribution is 5.94. The summed E-state index contributed by atoms with van der Waals surface area (Å²) in [5.74, 6) is -0.505. The number of nitrogens with zero attached hydrogens (tertiary/aromatic N) is 2. The van der Waals surface area contributed by atoms with Gasteiger partial charge in [0.05, 0.1) is 11.9 Å². The highest BCUT2D eigenvalue weighted by Crippen LogP contribution is 2.17. The maximum atomic E-state index is 11.1. The normalized spacial score (nSPS) is 10.5. The largest absolute Gasteiger partial charge is 0.364 e. The van der Waals surface area contributed by atoms with Crippen molar-refractivity contribution in [3.05, 3.63) is 35.4 Å². The van der Waals surface area contributed by atoms with E-state index in [0.29, 0.717) is 11.4 Å².